The molecule has 0 aliphatic carbocycles. The molecule has 0 heterocycles. The van der Waals surface area contributed by atoms with Crippen molar-refractivity contribution in [1.82, 2.24) is 0 Å². The largest absolute Gasteiger partial charge is 0.393 e. The van der Waals surface area contributed by atoms with E-state index in [1.807, 2.05) is 0 Å². The Morgan fingerprint density at radius 2 is 0.281 bits per heavy atom. The number of rotatable bonds is 67. The maximum absolute atomic E-state index is 10.8. The van der Waals surface area contributed by atoms with Gasteiger partial charge in [-0.25, -0.2) is 0 Å². The van der Waals surface area contributed by atoms with Crippen LogP contribution >= 0.6 is 0 Å². The Morgan fingerprint density at radius 1 is 0.180 bits per heavy atom. The summed E-state index contributed by atoms with van der Waals surface area (Å²) in [4.78, 5) is 53.7. The van der Waals surface area contributed by atoms with Crippen LogP contribution < -0.4 is 0 Å². The lowest BCUT2D eigenvalue weighted by Gasteiger charge is -2.10. The summed E-state index contributed by atoms with van der Waals surface area (Å²) in [6.07, 6.45) is 80.9. The Morgan fingerprint density at radius 3 is 0.404 bits per heavy atom. The Hall–Kier alpha value is -1.73. The molecule has 2 atom stereocenters. The molecule has 0 aromatic heterocycles. The molecule has 0 rings (SSSR count). The number of ketones is 5. The van der Waals surface area contributed by atoms with Crippen LogP contribution in [0.3, 0.4) is 0 Å². The summed E-state index contributed by atoms with van der Waals surface area (Å²) in [5.41, 5.74) is 0. The highest BCUT2D eigenvalue weighted by Crippen LogP contribution is 2.18. The third kappa shape index (κ3) is 111. The average Bonchev–Trinajstić information content (AvgIpc) is 3.51. The highest BCUT2D eigenvalue weighted by Gasteiger charge is 2.06. The molecule has 0 radical (unpaired) electrons. The minimum atomic E-state index is -0.0844. The quantitative estimate of drug-likeness (QED) is 0.0581. The van der Waals surface area contributed by atoms with Gasteiger partial charge in [-0.3, -0.25) is 0 Å². The van der Waals surface area contributed by atoms with E-state index in [1.54, 1.807) is 34.6 Å². The third-order valence-electron chi connectivity index (χ3n) is 17.6. The van der Waals surface area contributed by atoms with Crippen LogP contribution in [0.1, 0.15) is 487 Å². The second-order valence-corrected chi connectivity index (χ2v) is 27.8. The van der Waals surface area contributed by atoms with Gasteiger partial charge in [0.15, 0.2) is 0 Å². The van der Waals surface area contributed by atoms with Crippen molar-refractivity contribution in [3.63, 3.8) is 0 Å². The van der Waals surface area contributed by atoms with Gasteiger partial charge in [0, 0.05) is 32.1 Å². The molecule has 2 N–H and O–H groups in total. The first kappa shape index (κ1) is 96.0. The van der Waals surface area contributed by atoms with E-state index in [4.69, 9.17) is 0 Å². The number of aliphatic hydroxyl groups is 2. The van der Waals surface area contributed by atoms with Crippen LogP contribution in [-0.4, -0.2) is 51.3 Å². The molecule has 0 fully saturated rings. The molecule has 0 aromatic rings. The number of Topliss-reactive ketones (excluding diaryl/α,β-unsaturated/α-hetero) is 5. The van der Waals surface area contributed by atoms with E-state index in [9.17, 15) is 34.2 Å². The predicted octanol–water partition coefficient (Wildman–Crippen LogP) is 27.1. The van der Waals surface area contributed by atoms with E-state index in [0.717, 1.165) is 109 Å². The van der Waals surface area contributed by atoms with Crippen LogP contribution in [-0.2, 0) is 24.0 Å². The Labute approximate surface area is 559 Å². The molecule has 0 spiro atoms. The highest BCUT2D eigenvalue weighted by atomic mass is 16.3. The first-order chi connectivity index (χ1) is 43.1. The molecular weight excluding hydrogens is 1100 g/mol. The van der Waals surface area contributed by atoms with Gasteiger partial charge in [-0.15, -0.1) is 0 Å². The van der Waals surface area contributed by atoms with Crippen molar-refractivity contribution in [2.24, 2.45) is 0 Å². The molecule has 7 nitrogen and oxygen atoms in total. The van der Waals surface area contributed by atoms with E-state index in [1.165, 1.54) is 308 Å². The number of carbonyl (C=O) groups is 5. The van der Waals surface area contributed by atoms with Crippen molar-refractivity contribution in [1.29, 1.82) is 0 Å². The first-order valence-corrected chi connectivity index (χ1v) is 40.0. The first-order valence-electron chi connectivity index (χ1n) is 40.0. The molecule has 89 heavy (non-hydrogen) atoms. The number of carbonyl (C=O) groups excluding carboxylic acids is 5. The van der Waals surface area contributed by atoms with Gasteiger partial charge in [0.05, 0.1) is 12.2 Å². The monoisotopic (exact) mass is 1260 g/mol. The van der Waals surface area contributed by atoms with Crippen molar-refractivity contribution >= 4 is 28.9 Å². The fraction of sp³-hybridized carbons (Fsp3) is 0.939. The SMILES string of the molecule is CCCCCCC(O)CCCCCCCCC(C)=O.CCCCCCCC(O)CCCCCCCC(C)=O.CCCCCCCCCCCCCC(C)=O.CCCCCCCCCCCCCCC(C)=O.CCCCCCCCCCCCCCCC(C)=O. The summed E-state index contributed by atoms with van der Waals surface area (Å²) in [6, 6.07) is 0. The third-order valence-corrected chi connectivity index (χ3v) is 17.6. The second-order valence-electron chi connectivity index (χ2n) is 27.8. The van der Waals surface area contributed by atoms with E-state index >= 15 is 0 Å². The minimum Gasteiger partial charge on any atom is -0.393 e. The van der Waals surface area contributed by atoms with Crippen molar-refractivity contribution in [3.05, 3.63) is 0 Å². The molecule has 0 saturated heterocycles. The molecule has 2 unspecified atom stereocenters. The Balaban J connectivity index is -0.000000331. The van der Waals surface area contributed by atoms with E-state index in [-0.39, 0.29) is 12.2 Å². The van der Waals surface area contributed by atoms with Gasteiger partial charge in [-0.05, 0) is 92.4 Å². The Bertz CT molecular complexity index is 1360. The minimum absolute atomic E-state index is 0.0745. The summed E-state index contributed by atoms with van der Waals surface area (Å²) in [5.74, 6) is 1.65. The van der Waals surface area contributed by atoms with Crippen molar-refractivity contribution in [2.45, 2.75) is 499 Å². The van der Waals surface area contributed by atoms with Gasteiger partial charge in [0.25, 0.3) is 0 Å². The maximum Gasteiger partial charge on any atom is 0.129 e. The zero-order valence-electron chi connectivity index (χ0n) is 62.6. The zero-order valence-corrected chi connectivity index (χ0v) is 62.6. The summed E-state index contributed by atoms with van der Waals surface area (Å²) in [6.45, 7) is 19.7. The maximum atomic E-state index is 10.8. The summed E-state index contributed by atoms with van der Waals surface area (Å²) >= 11 is 0. The van der Waals surface area contributed by atoms with E-state index in [2.05, 4.69) is 34.6 Å². The van der Waals surface area contributed by atoms with E-state index in [0.29, 0.717) is 28.9 Å². The molecule has 7 heteroatoms. The standard InChI is InChI=1S/2C17H34O2.C17H34O.C16H32O.C15H30O/c1-3-4-5-11-14-17(19)15-12-9-7-6-8-10-13-16(2)18;1-3-4-5-7-11-14-17(19)15-12-9-6-8-10-13-16(2)18;1-3-4-5-6-7-8-9-10-11-12-13-14-15-16-17(2)18;1-3-4-5-6-7-8-9-10-11-12-13-14-15-16(2)17;1-3-4-5-6-7-8-9-10-11-12-13-14-15(2)16/h2*17,19H,3-15H2,1-2H3;3-16H2,1-2H3;3-15H2,1-2H3;3-14H2,1-2H3. The molecule has 534 valence electrons. The Kier molecular flexibility index (Phi) is 95.2. The summed E-state index contributed by atoms with van der Waals surface area (Å²) < 4.78 is 0. The fourth-order valence-corrected chi connectivity index (χ4v) is 11.5. The fourth-order valence-electron chi connectivity index (χ4n) is 11.5. The van der Waals surface area contributed by atoms with Crippen LogP contribution in [0.15, 0.2) is 0 Å². The molecule has 0 saturated carbocycles. The lowest BCUT2D eigenvalue weighted by atomic mass is 10.0. The van der Waals surface area contributed by atoms with Gasteiger partial charge in [0.1, 0.15) is 28.9 Å². The number of hydrogen-bond acceptors (Lipinski definition) is 7. The second kappa shape index (κ2) is 88.3. The van der Waals surface area contributed by atoms with Crippen LogP contribution in [0.2, 0.25) is 0 Å². The average molecular weight is 1260 g/mol. The predicted molar refractivity (Wildman–Crippen MR) is 394 cm³/mol. The van der Waals surface area contributed by atoms with Gasteiger partial charge in [-0.2, -0.15) is 0 Å². The van der Waals surface area contributed by atoms with Gasteiger partial charge >= 0.3 is 0 Å². The lowest BCUT2D eigenvalue weighted by molar-refractivity contribution is -0.117. The van der Waals surface area contributed by atoms with Crippen molar-refractivity contribution in [2.75, 3.05) is 0 Å². The number of unbranched alkanes of at least 4 members (excludes halogenated alkanes) is 49. The van der Waals surface area contributed by atoms with Crippen LogP contribution in [0, 0.1) is 0 Å². The zero-order chi connectivity index (χ0) is 67.0. The molecule has 0 amide bonds. The van der Waals surface area contributed by atoms with Crippen molar-refractivity contribution < 1.29 is 34.2 Å². The van der Waals surface area contributed by atoms with Crippen molar-refractivity contribution in [3.8, 4) is 0 Å². The van der Waals surface area contributed by atoms with Gasteiger partial charge < -0.3 is 34.2 Å². The molecule has 0 aliphatic rings. The van der Waals surface area contributed by atoms with Crippen LogP contribution in [0.4, 0.5) is 0 Å². The normalized spacial score (nSPS) is 11.5. The smallest absolute Gasteiger partial charge is 0.129 e. The molecule has 0 bridgehead atoms. The summed E-state index contributed by atoms with van der Waals surface area (Å²) in [5, 5.41) is 19.6. The molecule has 0 aromatic carbocycles. The molecular formula is C82H164O7. The van der Waals surface area contributed by atoms with Gasteiger partial charge in [0.2, 0.25) is 0 Å². The van der Waals surface area contributed by atoms with E-state index < -0.39 is 0 Å². The van der Waals surface area contributed by atoms with Crippen LogP contribution in [0.25, 0.3) is 0 Å². The molecule has 0 aliphatic heterocycles. The number of hydrogen-bond donors (Lipinski definition) is 2. The number of aliphatic hydroxyl groups excluding tert-OH is 2. The van der Waals surface area contributed by atoms with Gasteiger partial charge in [-0.1, -0.05) is 362 Å². The topological polar surface area (TPSA) is 126 Å². The highest BCUT2D eigenvalue weighted by molar-refractivity contribution is 5.76. The lowest BCUT2D eigenvalue weighted by Crippen LogP contribution is -2.05. The summed E-state index contributed by atoms with van der Waals surface area (Å²) in [7, 11) is 0. The van der Waals surface area contributed by atoms with Crippen LogP contribution in [0.5, 0.6) is 0 Å².